The molecule has 17 unspecified atom stereocenters. The van der Waals surface area contributed by atoms with Gasteiger partial charge in [0.15, 0.2) is 18.9 Å². The molecular weight excluding hydrogens is 1150 g/mol. The molecule has 0 saturated carbocycles. The van der Waals surface area contributed by atoms with E-state index in [1.807, 2.05) is 6.08 Å². The number of unbranched alkanes of at least 4 members (excludes halogenated alkanes) is 30. The number of aliphatic hydroxyl groups excluding tert-OH is 11. The van der Waals surface area contributed by atoms with Gasteiger partial charge < -0.3 is 89.9 Å². The number of hydrogen-bond acceptors (Lipinski definition) is 18. The third-order valence-electron chi connectivity index (χ3n) is 17.6. The molecule has 17 atom stereocenters. The summed E-state index contributed by atoms with van der Waals surface area (Å²) in [6.07, 6.45) is 38.1. The molecule has 19 nitrogen and oxygen atoms in total. The Morgan fingerprint density at radius 2 is 0.767 bits per heavy atom. The predicted octanol–water partition coefficient (Wildman–Crippen LogP) is 9.55. The van der Waals surface area contributed by atoms with Crippen molar-refractivity contribution >= 4 is 5.91 Å². The molecule has 3 saturated heterocycles. The second-order valence-corrected chi connectivity index (χ2v) is 25.3. The predicted molar refractivity (Wildman–Crippen MR) is 351 cm³/mol. The molecule has 3 aliphatic rings. The number of rotatable bonds is 54. The van der Waals surface area contributed by atoms with E-state index in [-0.39, 0.29) is 18.9 Å². The molecule has 3 aliphatic heterocycles. The van der Waals surface area contributed by atoms with Crippen LogP contribution in [0, 0.1) is 0 Å². The summed E-state index contributed by atoms with van der Waals surface area (Å²) in [5.74, 6) is -0.275. The number of amides is 1. The van der Waals surface area contributed by atoms with Crippen LogP contribution >= 0.6 is 0 Å². The molecule has 3 heterocycles. The number of ether oxygens (including phenoxy) is 6. The topological polar surface area (TPSA) is 307 Å². The highest BCUT2D eigenvalue weighted by atomic mass is 16.8. The lowest BCUT2D eigenvalue weighted by Crippen LogP contribution is -2.66. The molecule has 3 rings (SSSR count). The highest BCUT2D eigenvalue weighted by Gasteiger charge is 2.53. The number of carbonyl (C=O) groups is 1. The second-order valence-electron chi connectivity index (χ2n) is 25.3. The minimum atomic E-state index is -1.98. The van der Waals surface area contributed by atoms with Gasteiger partial charge in [-0.15, -0.1) is 0 Å². The van der Waals surface area contributed by atoms with Crippen molar-refractivity contribution in [2.75, 3.05) is 26.4 Å². The minimum Gasteiger partial charge on any atom is -0.394 e. The van der Waals surface area contributed by atoms with E-state index in [2.05, 4.69) is 67.8 Å². The van der Waals surface area contributed by atoms with Gasteiger partial charge in [-0.05, 0) is 57.8 Å². The third-order valence-corrected chi connectivity index (χ3v) is 17.6. The molecule has 0 aromatic rings. The van der Waals surface area contributed by atoms with Crippen molar-refractivity contribution in [1.29, 1.82) is 0 Å². The molecule has 1 amide bonds. The Morgan fingerprint density at radius 1 is 0.411 bits per heavy atom. The van der Waals surface area contributed by atoms with E-state index >= 15 is 0 Å². The van der Waals surface area contributed by atoms with Crippen LogP contribution in [0.5, 0.6) is 0 Å². The van der Waals surface area contributed by atoms with Gasteiger partial charge in [-0.2, -0.15) is 0 Å². The molecular formula is C71H127NO18. The van der Waals surface area contributed by atoms with E-state index in [1.54, 1.807) is 6.08 Å². The molecule has 0 spiro atoms. The van der Waals surface area contributed by atoms with Gasteiger partial charge in [-0.25, -0.2) is 0 Å². The van der Waals surface area contributed by atoms with Gasteiger partial charge in [0.05, 0.1) is 38.6 Å². The molecule has 19 heteroatoms. The van der Waals surface area contributed by atoms with Crippen molar-refractivity contribution in [2.45, 2.75) is 356 Å². The average molecular weight is 1280 g/mol. The van der Waals surface area contributed by atoms with Crippen LogP contribution in [-0.4, -0.2) is 193 Å². The first-order valence-corrected chi connectivity index (χ1v) is 35.5. The summed E-state index contributed by atoms with van der Waals surface area (Å²) in [6, 6.07) is -0.971. The number of hydrogen-bond donors (Lipinski definition) is 12. The molecule has 0 aromatic carbocycles. The van der Waals surface area contributed by atoms with E-state index in [1.165, 1.54) is 154 Å². The Bertz CT molecular complexity index is 1870. The highest BCUT2D eigenvalue weighted by Crippen LogP contribution is 2.33. The van der Waals surface area contributed by atoms with Crippen molar-refractivity contribution in [3.8, 4) is 0 Å². The maximum absolute atomic E-state index is 13.4. The van der Waals surface area contributed by atoms with Crippen LogP contribution < -0.4 is 5.32 Å². The molecule has 0 aliphatic carbocycles. The van der Waals surface area contributed by atoms with Crippen LogP contribution in [0.3, 0.4) is 0 Å². The van der Waals surface area contributed by atoms with Gasteiger partial charge in [0.25, 0.3) is 0 Å². The summed E-state index contributed by atoms with van der Waals surface area (Å²) >= 11 is 0. The maximum atomic E-state index is 13.4. The Kier molecular flexibility index (Phi) is 47.9. The summed E-state index contributed by atoms with van der Waals surface area (Å²) in [5, 5.41) is 120. The lowest BCUT2D eigenvalue weighted by molar-refractivity contribution is -0.379. The standard InChI is InChI=1S/C71H127NO18/c1-3-5-7-9-11-13-15-16-17-18-19-20-21-22-23-24-25-26-27-28-29-30-31-32-33-34-35-36-37-38-39-41-43-45-47-49-59(77)72-54(55(76)48-46-44-42-40-14-12-10-8-6-4-2)53-85-69-65(83)62(80)67(57(51-74)87-69)90-71-66(84)63(81)68(58(52-75)88-71)89-70-64(82)61(79)60(78)56(50-73)86-70/h5,7,11,13,16-17,19-20,46,48,54-58,60-71,73-76,78-84H,3-4,6,8-10,12,14-15,18,21-45,47,49-53H2,1-2H3,(H,72,77)/b7-5-,13-11-,17-16-,20-19-,48-46+. The van der Waals surface area contributed by atoms with E-state index in [9.17, 15) is 61.0 Å². The van der Waals surface area contributed by atoms with Crippen molar-refractivity contribution in [2.24, 2.45) is 0 Å². The van der Waals surface area contributed by atoms with Crippen LogP contribution in [0.1, 0.15) is 251 Å². The van der Waals surface area contributed by atoms with Crippen LogP contribution in [0.2, 0.25) is 0 Å². The van der Waals surface area contributed by atoms with Crippen molar-refractivity contribution < 1.29 is 89.4 Å². The zero-order valence-corrected chi connectivity index (χ0v) is 55.4. The number of aliphatic hydroxyl groups is 11. The smallest absolute Gasteiger partial charge is 0.220 e. The first-order chi connectivity index (χ1) is 43.8. The summed E-state index contributed by atoms with van der Waals surface area (Å²) in [7, 11) is 0. The van der Waals surface area contributed by atoms with Crippen LogP contribution in [0.4, 0.5) is 0 Å². The molecule has 90 heavy (non-hydrogen) atoms. The summed E-state index contributed by atoms with van der Waals surface area (Å²) < 4.78 is 34.3. The van der Waals surface area contributed by atoms with Gasteiger partial charge in [0.1, 0.15) is 73.2 Å². The Balaban J connectivity index is 1.31. The number of nitrogens with one attached hydrogen (secondary N) is 1. The fourth-order valence-corrected chi connectivity index (χ4v) is 11.8. The monoisotopic (exact) mass is 1280 g/mol. The van der Waals surface area contributed by atoms with E-state index in [4.69, 9.17) is 28.4 Å². The fourth-order valence-electron chi connectivity index (χ4n) is 11.8. The fraction of sp³-hybridized carbons (Fsp3) is 0.845. The summed E-state index contributed by atoms with van der Waals surface area (Å²) in [6.45, 7) is 1.59. The largest absolute Gasteiger partial charge is 0.394 e. The lowest BCUT2D eigenvalue weighted by atomic mass is 9.96. The quantitative estimate of drug-likeness (QED) is 0.0199. The van der Waals surface area contributed by atoms with Crippen LogP contribution in [0.25, 0.3) is 0 Å². The highest BCUT2D eigenvalue weighted by molar-refractivity contribution is 5.76. The number of carbonyl (C=O) groups excluding carboxylic acids is 1. The van der Waals surface area contributed by atoms with Gasteiger partial charge in [0.2, 0.25) is 5.91 Å². The zero-order chi connectivity index (χ0) is 65.4. The average Bonchev–Trinajstić information content (AvgIpc) is 1.08. The SMILES string of the molecule is CC/C=C\C/C=C\C/C=C\C/C=C\CCCCCCCCCCCCCCCCCCCCCCCCC(=O)NC(COC1OC(CO)C(OC2OC(CO)C(OC3OC(CO)C(O)C(O)C3O)C(O)C2O)C(O)C1O)C(O)/C=C/CCCCCCCCCC. The molecule has 0 radical (unpaired) electrons. The summed E-state index contributed by atoms with van der Waals surface area (Å²) in [4.78, 5) is 13.4. The molecule has 3 fully saturated rings. The van der Waals surface area contributed by atoms with E-state index in [0.717, 1.165) is 70.6 Å². The maximum Gasteiger partial charge on any atom is 0.220 e. The Hall–Kier alpha value is -2.51. The van der Waals surface area contributed by atoms with Crippen LogP contribution in [0.15, 0.2) is 60.8 Å². The van der Waals surface area contributed by atoms with Gasteiger partial charge in [0, 0.05) is 6.42 Å². The molecule has 0 bridgehead atoms. The summed E-state index contributed by atoms with van der Waals surface area (Å²) in [5.41, 5.74) is 0. The zero-order valence-electron chi connectivity index (χ0n) is 55.4. The first-order valence-electron chi connectivity index (χ1n) is 35.5. The number of allylic oxidation sites excluding steroid dienone is 9. The van der Waals surface area contributed by atoms with E-state index < -0.39 is 124 Å². The molecule has 524 valence electrons. The lowest BCUT2D eigenvalue weighted by Gasteiger charge is -2.48. The van der Waals surface area contributed by atoms with Gasteiger partial charge in [-0.1, -0.05) is 248 Å². The molecule has 0 aromatic heterocycles. The third kappa shape index (κ3) is 34.2. The van der Waals surface area contributed by atoms with Crippen LogP contribution in [-0.2, 0) is 33.2 Å². The van der Waals surface area contributed by atoms with E-state index in [0.29, 0.717) is 6.42 Å². The van der Waals surface area contributed by atoms with Gasteiger partial charge in [-0.3, -0.25) is 4.79 Å². The molecule has 12 N–H and O–H groups in total. The first kappa shape index (κ1) is 81.7. The normalized spacial score (nSPS) is 28.4. The second kappa shape index (κ2) is 52.7. The van der Waals surface area contributed by atoms with Gasteiger partial charge >= 0.3 is 0 Å². The van der Waals surface area contributed by atoms with Crippen molar-refractivity contribution in [3.63, 3.8) is 0 Å². The Labute approximate surface area is 541 Å². The minimum absolute atomic E-state index is 0.245. The van der Waals surface area contributed by atoms with Crippen molar-refractivity contribution in [1.82, 2.24) is 5.32 Å². The van der Waals surface area contributed by atoms with Crippen molar-refractivity contribution in [3.05, 3.63) is 60.8 Å². The Morgan fingerprint density at radius 3 is 1.20 bits per heavy atom.